The molecule has 0 radical (unpaired) electrons. The van der Waals surface area contributed by atoms with Gasteiger partial charge in [0.25, 0.3) is 0 Å². The van der Waals surface area contributed by atoms with Crippen LogP contribution in [0.3, 0.4) is 0 Å². The lowest BCUT2D eigenvalue weighted by molar-refractivity contribution is -0.915. The smallest absolute Gasteiger partial charge is 0.166 e. The molecule has 2 unspecified atom stereocenters. The van der Waals surface area contributed by atoms with Crippen LogP contribution in [0.2, 0.25) is 0 Å². The van der Waals surface area contributed by atoms with Crippen LogP contribution in [0.4, 0.5) is 0 Å². The van der Waals surface area contributed by atoms with Gasteiger partial charge in [0.1, 0.15) is 19.2 Å². The van der Waals surface area contributed by atoms with Crippen LogP contribution in [-0.4, -0.2) is 49.0 Å². The first kappa shape index (κ1) is 17.0. The summed E-state index contributed by atoms with van der Waals surface area (Å²) in [5, 5.41) is 10.1. The molecule has 0 saturated heterocycles. The van der Waals surface area contributed by atoms with Gasteiger partial charge in [0, 0.05) is 28.4 Å². The molecule has 1 aromatic carbocycles. The van der Waals surface area contributed by atoms with Crippen molar-refractivity contribution in [3.8, 4) is 23.8 Å². The molecule has 132 valence electrons. The van der Waals surface area contributed by atoms with Crippen LogP contribution in [-0.2, 0) is 12.0 Å². The number of terminal acetylenes is 1. The molecule has 4 nitrogen and oxygen atoms in total. The van der Waals surface area contributed by atoms with Crippen molar-refractivity contribution >= 4 is 15.9 Å². The Hall–Kier alpha value is -1.48. The molecule has 25 heavy (non-hydrogen) atoms. The maximum atomic E-state index is 10.1. The fraction of sp³-hybridized carbons (Fsp3) is 0.500. The molecule has 3 aliphatic rings. The second kappa shape index (κ2) is 5.77. The van der Waals surface area contributed by atoms with Crippen molar-refractivity contribution in [1.29, 1.82) is 0 Å². The number of benzene rings is 1. The van der Waals surface area contributed by atoms with E-state index in [1.54, 1.807) is 7.11 Å². The van der Waals surface area contributed by atoms with Crippen LogP contribution in [0.15, 0.2) is 22.7 Å². The SMILES string of the molecule is C#CC[N+]1(C)CCC23C=C[C@H](O)C[C@@H]2Oc2c(OC)cc(Br)c(c23)C1. The third kappa shape index (κ3) is 2.43. The number of aliphatic hydroxyl groups excluding tert-OH is 1. The van der Waals surface area contributed by atoms with E-state index in [-0.39, 0.29) is 11.5 Å². The maximum absolute atomic E-state index is 10.1. The molecular formula is C20H23BrNO3+. The van der Waals surface area contributed by atoms with Crippen LogP contribution >= 0.6 is 15.9 Å². The zero-order valence-electron chi connectivity index (χ0n) is 14.6. The van der Waals surface area contributed by atoms with Gasteiger partial charge in [0.2, 0.25) is 0 Å². The summed E-state index contributed by atoms with van der Waals surface area (Å²) in [5.74, 6) is 4.42. The third-order valence-electron chi connectivity index (χ3n) is 5.97. The van der Waals surface area contributed by atoms with Gasteiger partial charge in [-0.3, -0.25) is 0 Å². The highest BCUT2D eigenvalue weighted by Crippen LogP contribution is 2.57. The molecule has 4 rings (SSSR count). The van der Waals surface area contributed by atoms with Crippen molar-refractivity contribution in [3.05, 3.63) is 33.8 Å². The Labute approximate surface area is 157 Å². The molecule has 1 spiro atoms. The lowest BCUT2D eigenvalue weighted by atomic mass is 9.69. The van der Waals surface area contributed by atoms with Gasteiger partial charge < -0.3 is 19.1 Å². The maximum Gasteiger partial charge on any atom is 0.166 e. The Morgan fingerprint density at radius 3 is 3.08 bits per heavy atom. The Morgan fingerprint density at radius 1 is 1.56 bits per heavy atom. The number of hydrogen-bond donors (Lipinski definition) is 1. The average molecular weight is 405 g/mol. The number of halogens is 1. The molecule has 0 amide bonds. The fourth-order valence-electron chi connectivity index (χ4n) is 4.64. The largest absolute Gasteiger partial charge is 0.493 e. The van der Waals surface area contributed by atoms with Gasteiger partial charge in [-0.25, -0.2) is 0 Å². The van der Waals surface area contributed by atoms with Gasteiger partial charge in [-0.1, -0.05) is 28.1 Å². The second-order valence-corrected chi connectivity index (χ2v) is 8.52. The van der Waals surface area contributed by atoms with E-state index in [0.717, 1.165) is 40.0 Å². The van der Waals surface area contributed by atoms with Crippen molar-refractivity contribution in [2.75, 3.05) is 27.2 Å². The van der Waals surface area contributed by atoms with Gasteiger partial charge in [0.15, 0.2) is 11.5 Å². The van der Waals surface area contributed by atoms with Crippen molar-refractivity contribution in [2.24, 2.45) is 0 Å². The molecule has 1 aliphatic carbocycles. The standard InChI is InChI=1S/C20H23BrNO3/c1-4-8-22(2)9-7-20-6-5-13(23)10-17(20)25-19-16(24-3)11-15(21)14(12-22)18(19)20/h1,5-6,11,13,17,23H,7-10,12H2,2-3H3/q+1/t13-,17-,20?,22?/m0/s1. The van der Waals surface area contributed by atoms with Gasteiger partial charge in [-0.05, 0) is 12.0 Å². The molecule has 2 aliphatic heterocycles. The molecule has 2 heterocycles. The highest BCUT2D eigenvalue weighted by molar-refractivity contribution is 9.10. The Bertz CT molecular complexity index is 799. The lowest BCUT2D eigenvalue weighted by Gasteiger charge is -2.36. The number of hydrogen-bond acceptors (Lipinski definition) is 3. The molecule has 0 fully saturated rings. The van der Waals surface area contributed by atoms with Gasteiger partial charge in [-0.2, -0.15) is 0 Å². The summed E-state index contributed by atoms with van der Waals surface area (Å²) in [6.45, 7) is 2.51. The van der Waals surface area contributed by atoms with Crippen LogP contribution in [0.5, 0.6) is 11.5 Å². The highest BCUT2D eigenvalue weighted by Gasteiger charge is 2.55. The number of nitrogens with zero attached hydrogens (tertiary/aromatic N) is 1. The molecule has 0 saturated carbocycles. The normalized spacial score (nSPS) is 35.2. The first-order valence-corrected chi connectivity index (χ1v) is 9.43. The first-order valence-electron chi connectivity index (χ1n) is 8.63. The number of rotatable bonds is 2. The van der Waals surface area contributed by atoms with Crippen LogP contribution in [0.25, 0.3) is 0 Å². The van der Waals surface area contributed by atoms with Crippen LogP contribution in [0, 0.1) is 12.3 Å². The van der Waals surface area contributed by atoms with E-state index < -0.39 is 6.10 Å². The summed E-state index contributed by atoms with van der Waals surface area (Å²) in [5.41, 5.74) is 2.24. The molecule has 0 bridgehead atoms. The van der Waals surface area contributed by atoms with Crippen molar-refractivity contribution in [2.45, 2.75) is 37.0 Å². The van der Waals surface area contributed by atoms with Crippen molar-refractivity contribution in [1.82, 2.24) is 0 Å². The molecule has 1 N–H and O–H groups in total. The van der Waals surface area contributed by atoms with Crippen LogP contribution in [0.1, 0.15) is 24.0 Å². The van der Waals surface area contributed by atoms with Crippen LogP contribution < -0.4 is 9.47 Å². The minimum atomic E-state index is -0.461. The quantitative estimate of drug-likeness (QED) is 0.467. The molecule has 4 atom stereocenters. The van der Waals surface area contributed by atoms with E-state index in [2.05, 4.69) is 35.0 Å². The summed E-state index contributed by atoms with van der Waals surface area (Å²) >= 11 is 3.75. The summed E-state index contributed by atoms with van der Waals surface area (Å²) in [6.07, 6.45) is 10.8. The van der Waals surface area contributed by atoms with E-state index in [4.69, 9.17) is 15.9 Å². The summed E-state index contributed by atoms with van der Waals surface area (Å²) in [6, 6.07) is 1.99. The van der Waals surface area contributed by atoms with E-state index in [9.17, 15) is 5.11 Å². The second-order valence-electron chi connectivity index (χ2n) is 7.67. The van der Waals surface area contributed by atoms with Crippen molar-refractivity contribution < 1.29 is 19.1 Å². The number of methoxy groups -OCH3 is 1. The minimum Gasteiger partial charge on any atom is -0.493 e. The monoisotopic (exact) mass is 404 g/mol. The predicted molar refractivity (Wildman–Crippen MR) is 99.6 cm³/mol. The van der Waals surface area contributed by atoms with Gasteiger partial charge in [-0.15, -0.1) is 6.42 Å². The Balaban J connectivity index is 1.97. The topological polar surface area (TPSA) is 38.7 Å². The van der Waals surface area contributed by atoms with E-state index >= 15 is 0 Å². The lowest BCUT2D eigenvalue weighted by Crippen LogP contribution is -2.47. The summed E-state index contributed by atoms with van der Waals surface area (Å²) in [7, 11) is 3.89. The van der Waals surface area contributed by atoms with E-state index in [1.807, 2.05) is 12.1 Å². The third-order valence-corrected chi connectivity index (χ3v) is 6.68. The molecular weight excluding hydrogens is 382 g/mol. The number of ether oxygens (including phenoxy) is 2. The molecule has 1 aromatic rings. The fourth-order valence-corrected chi connectivity index (χ4v) is 5.17. The van der Waals surface area contributed by atoms with E-state index in [1.165, 1.54) is 11.1 Å². The average Bonchev–Trinajstić information content (AvgIpc) is 2.83. The Kier molecular flexibility index (Phi) is 3.91. The highest BCUT2D eigenvalue weighted by atomic mass is 79.9. The molecule has 5 heteroatoms. The Morgan fingerprint density at radius 2 is 2.36 bits per heavy atom. The van der Waals surface area contributed by atoms with Crippen molar-refractivity contribution in [3.63, 3.8) is 0 Å². The van der Waals surface area contributed by atoms with Gasteiger partial charge >= 0.3 is 0 Å². The number of aliphatic hydroxyl groups is 1. The van der Waals surface area contributed by atoms with E-state index in [0.29, 0.717) is 13.0 Å². The summed E-state index contributed by atoms with van der Waals surface area (Å²) < 4.78 is 13.8. The first-order chi connectivity index (χ1) is 11.9. The van der Waals surface area contributed by atoms with Gasteiger partial charge in [0.05, 0.1) is 32.2 Å². The summed E-state index contributed by atoms with van der Waals surface area (Å²) in [4.78, 5) is 0. The minimum absolute atomic E-state index is 0.0677. The number of quaternary nitrogens is 1. The predicted octanol–water partition coefficient (Wildman–Crippen LogP) is 2.76. The zero-order chi connectivity index (χ0) is 17.8. The molecule has 0 aromatic heterocycles. The zero-order valence-corrected chi connectivity index (χ0v) is 16.2.